The van der Waals surface area contributed by atoms with E-state index in [2.05, 4.69) is 0 Å². The van der Waals surface area contributed by atoms with Gasteiger partial charge in [-0.2, -0.15) is 0 Å². The summed E-state index contributed by atoms with van der Waals surface area (Å²) in [6, 6.07) is 0. The van der Waals surface area contributed by atoms with E-state index in [1.807, 2.05) is 0 Å². The van der Waals surface area contributed by atoms with Gasteiger partial charge in [-0.3, -0.25) is 48.4 Å². The molecule has 6 N–H and O–H groups in total. The summed E-state index contributed by atoms with van der Waals surface area (Å²) in [5.41, 5.74) is 0. The van der Waals surface area contributed by atoms with Crippen molar-refractivity contribution in [2.45, 2.75) is 0 Å². The van der Waals surface area contributed by atoms with E-state index in [0.29, 0.717) is 0 Å². The van der Waals surface area contributed by atoms with E-state index >= 15 is 0 Å². The summed E-state index contributed by atoms with van der Waals surface area (Å²) in [5.74, 6) is -7.45. The Kier molecular flexibility index (Phi) is 22.7. The van der Waals surface area contributed by atoms with E-state index in [-0.39, 0.29) is 81.4 Å². The van der Waals surface area contributed by atoms with Gasteiger partial charge in [-0.25, -0.2) is 0 Å². The van der Waals surface area contributed by atoms with Crippen molar-refractivity contribution in [1.82, 2.24) is 19.6 Å². The van der Waals surface area contributed by atoms with Crippen LogP contribution in [0.2, 0.25) is 0 Å². The smallest absolute Gasteiger partial charge is 0.480 e. The normalized spacial score (nSPS) is 10.7. The van der Waals surface area contributed by atoms with Gasteiger partial charge in [0.25, 0.3) is 0 Å². The molecule has 0 fully saturated rings. The Morgan fingerprint density at radius 1 is 0.333 bits per heavy atom. The van der Waals surface area contributed by atoms with Gasteiger partial charge in [0.05, 0.1) is 39.3 Å². The molecule has 0 radical (unpaired) electrons. The van der Waals surface area contributed by atoms with Crippen molar-refractivity contribution < 1.29 is 102 Å². The molecule has 0 amide bonds. The molecule has 0 spiro atoms. The molecule has 0 bridgehead atoms. The van der Waals surface area contributed by atoms with E-state index < -0.39 is 75.1 Å². The fourth-order valence-electron chi connectivity index (χ4n) is 2.96. The Morgan fingerprint density at radius 3 is 0.639 bits per heavy atom. The maximum Gasteiger partial charge on any atom is 2.00 e. The molecule has 0 unspecified atom stereocenters. The molecule has 0 aromatic rings. The van der Waals surface area contributed by atoms with Crippen LogP contribution in [0.15, 0.2) is 0 Å². The maximum absolute atomic E-state index is 11.2. The summed E-state index contributed by atoms with van der Waals surface area (Å²) in [6.07, 6.45) is 0. The van der Waals surface area contributed by atoms with Gasteiger partial charge in [0.2, 0.25) is 0 Å². The summed E-state index contributed by atoms with van der Waals surface area (Å²) in [6.45, 7) is -3.36. The number of aliphatic carboxylic acids is 6. The average molecular weight is 885 g/mol. The summed E-state index contributed by atoms with van der Waals surface area (Å²) in [5, 5.41) is 53.8. The van der Waals surface area contributed by atoms with E-state index in [1.165, 1.54) is 9.80 Å². The van der Waals surface area contributed by atoms with Gasteiger partial charge in [0.1, 0.15) is 0 Å². The van der Waals surface area contributed by atoms with Crippen LogP contribution < -0.4 is 0 Å². The van der Waals surface area contributed by atoms with Crippen LogP contribution >= 0.6 is 0 Å². The Labute approximate surface area is 234 Å². The van der Waals surface area contributed by atoms with E-state index in [9.17, 15) is 28.8 Å². The van der Waals surface area contributed by atoms with E-state index in [0.717, 1.165) is 9.80 Å². The van der Waals surface area contributed by atoms with Crippen LogP contribution in [-0.4, -0.2) is 165 Å². The molecule has 0 aromatic heterocycles. The van der Waals surface area contributed by atoms with Gasteiger partial charge in [-0.1, -0.05) is 0 Å². The molecule has 0 aliphatic heterocycles. The molecular weight excluding hydrogens is 854 g/mol. The Hall–Kier alpha value is -1.96. The van der Waals surface area contributed by atoms with Crippen molar-refractivity contribution in [1.29, 1.82) is 0 Å². The van der Waals surface area contributed by atoms with Gasteiger partial charge in [0.15, 0.2) is 0 Å². The third kappa shape index (κ3) is 22.5. The van der Waals surface area contributed by atoms with Gasteiger partial charge >= 0.3 is 77.9 Å². The van der Waals surface area contributed by atoms with Gasteiger partial charge < -0.3 is 30.6 Å². The summed E-state index contributed by atoms with van der Waals surface area (Å²) in [4.78, 5) is 71.0. The first-order valence-electron chi connectivity index (χ1n) is 9.98. The van der Waals surface area contributed by atoms with Crippen LogP contribution in [0, 0.1) is 0 Å². The van der Waals surface area contributed by atoms with Crippen molar-refractivity contribution in [2.75, 3.05) is 78.5 Å². The van der Waals surface area contributed by atoms with Gasteiger partial charge in [-0.15, -0.1) is 0 Å². The summed E-state index contributed by atoms with van der Waals surface area (Å²) >= 11 is 0. The number of carboxylic acid groups (broad SMARTS) is 6. The Bertz CT molecular complexity index is 651. The van der Waals surface area contributed by atoms with Crippen molar-refractivity contribution >= 4 is 35.8 Å². The monoisotopic (exact) mass is 884 g/mol. The predicted octanol–water partition coefficient (Wildman–Crippen LogP) is -3.30. The average Bonchev–Trinajstić information content (AvgIpc) is 2.64. The fraction of sp³-hybridized carbons (Fsp3) is 0.667. The van der Waals surface area contributed by atoms with Gasteiger partial charge in [0, 0.05) is 39.3 Å². The van der Waals surface area contributed by atoms with E-state index in [4.69, 9.17) is 30.6 Å². The molecule has 0 aliphatic carbocycles. The minimum absolute atomic E-state index is 0. The molecule has 0 heterocycles. The first kappa shape index (κ1) is 38.6. The standard InChI is InChI=1S/C18H30N4O12.2Pt/c23-13(24)7-19(3-5-21(9-15(27)28)10-16(29)30)1-2-20(8-14(25)26)4-6-22(11-17(31)32)12-18(33)34;;/h1-12H2,(H,23,24)(H,25,26)(H,27,28)(H,29,30)(H,31,32)(H,33,34);;/q;2*+2. The zero-order chi connectivity index (χ0) is 26.3. The zero-order valence-electron chi connectivity index (χ0n) is 19.0. The Balaban J connectivity index is -0.00000544. The second kappa shape index (κ2) is 21.2. The molecule has 36 heavy (non-hydrogen) atoms. The molecule has 0 rings (SSSR count). The molecule has 0 atom stereocenters. The number of carbonyl (C=O) groups is 6. The second-order valence-corrected chi connectivity index (χ2v) is 7.34. The Morgan fingerprint density at radius 2 is 0.472 bits per heavy atom. The maximum atomic E-state index is 11.2. The minimum Gasteiger partial charge on any atom is -0.480 e. The number of hydrogen-bond donors (Lipinski definition) is 6. The topological polar surface area (TPSA) is 237 Å². The SMILES string of the molecule is O=C(O)CN(CCN(CCN(CC(=O)O)CC(=O)O)CC(=O)O)CCN(CC(=O)O)CC(=O)O.[Pt+2].[Pt+2]. The minimum atomic E-state index is -1.26. The van der Waals surface area contributed by atoms with Gasteiger partial charge in [-0.05, 0) is 0 Å². The number of rotatable bonds is 21. The van der Waals surface area contributed by atoms with Crippen LogP contribution in [0.3, 0.4) is 0 Å². The van der Waals surface area contributed by atoms with Crippen molar-refractivity contribution in [3.05, 3.63) is 0 Å². The first-order chi connectivity index (χ1) is 15.8. The molecule has 0 aromatic carbocycles. The third-order valence-corrected chi connectivity index (χ3v) is 4.35. The van der Waals surface area contributed by atoms with Crippen molar-refractivity contribution in [3.8, 4) is 0 Å². The largest absolute Gasteiger partial charge is 2.00 e. The quantitative estimate of drug-likeness (QED) is 0.0663. The molecule has 210 valence electrons. The molecule has 0 aliphatic rings. The molecule has 18 heteroatoms. The fourth-order valence-corrected chi connectivity index (χ4v) is 2.96. The molecule has 0 saturated carbocycles. The van der Waals surface area contributed by atoms with Crippen LogP contribution in [0.1, 0.15) is 0 Å². The number of nitrogens with zero attached hydrogens (tertiary/aromatic N) is 4. The molecule has 16 nitrogen and oxygen atoms in total. The predicted molar refractivity (Wildman–Crippen MR) is 112 cm³/mol. The third-order valence-electron chi connectivity index (χ3n) is 4.35. The van der Waals surface area contributed by atoms with Crippen molar-refractivity contribution in [3.63, 3.8) is 0 Å². The second-order valence-electron chi connectivity index (χ2n) is 7.34. The zero-order valence-corrected chi connectivity index (χ0v) is 23.6. The molecule has 0 saturated heterocycles. The van der Waals surface area contributed by atoms with Crippen LogP contribution in [0.25, 0.3) is 0 Å². The number of carboxylic acids is 6. The first-order valence-corrected chi connectivity index (χ1v) is 9.98. The van der Waals surface area contributed by atoms with Crippen molar-refractivity contribution in [2.24, 2.45) is 0 Å². The summed E-state index contributed by atoms with van der Waals surface area (Å²) < 4.78 is 0. The van der Waals surface area contributed by atoms with E-state index in [1.54, 1.807) is 0 Å². The summed E-state index contributed by atoms with van der Waals surface area (Å²) in [7, 11) is 0. The number of hydrogen-bond acceptors (Lipinski definition) is 10. The van der Waals surface area contributed by atoms with Crippen LogP contribution in [0.5, 0.6) is 0 Å². The van der Waals surface area contributed by atoms with Crippen LogP contribution in [-0.2, 0) is 70.9 Å². The van der Waals surface area contributed by atoms with Crippen LogP contribution in [0.4, 0.5) is 0 Å². The molecular formula is C18H30N4O12Pt2+4.